The number of piperazine rings is 1. The third-order valence-electron chi connectivity index (χ3n) is 12.6. The van der Waals surface area contributed by atoms with E-state index in [0.29, 0.717) is 35.3 Å². The van der Waals surface area contributed by atoms with Crippen molar-refractivity contribution >= 4 is 56.9 Å². The van der Waals surface area contributed by atoms with Crippen LogP contribution < -0.4 is 26.1 Å². The zero-order chi connectivity index (χ0) is 38.5. The first-order chi connectivity index (χ1) is 27.2. The molecule has 2 atom stereocenters. The number of fused-ring (bicyclic) bond motifs is 2. The van der Waals surface area contributed by atoms with Crippen LogP contribution in [0.4, 0.5) is 17.2 Å². The SMILES string of the molecule is CN1CCC[C@@H]1c1cc2cnc(NC(=O)c3ccc(N4CCN(CC5CCN(c6ccc7c(c6)n(C)c(=O)n7C6CCC(=O)NC6=O)CC5)CC4)cc3)cc2[nH]1. The Morgan fingerprint density at radius 1 is 0.804 bits per heavy atom. The fraction of sp³-hybridized carbons (Fsp3) is 0.452. The lowest BCUT2D eigenvalue weighted by atomic mass is 9.95. The van der Waals surface area contributed by atoms with Gasteiger partial charge in [0.2, 0.25) is 11.8 Å². The molecule has 56 heavy (non-hydrogen) atoms. The molecule has 3 N–H and O–H groups in total. The Bertz CT molecular complexity index is 2350. The standard InChI is InChI=1S/C42H50N10O4/c1-47-15-3-4-34(47)33-22-29-25-43-38(24-32(29)44-33)45-40(54)28-5-7-30(8-6-28)51-20-18-49(19-21-51)26-27-13-16-50(17-14-27)31-9-10-35-37(23-31)48(2)42(56)52(35)36-11-12-39(53)46-41(36)55/h5-10,22-25,27,34,36,44H,3-4,11-21,26H2,1-2H3,(H,43,45,54)(H,46,53,55)/t34-,36?/m1/s1. The summed E-state index contributed by atoms with van der Waals surface area (Å²) in [6.07, 6.45) is 6.93. The number of aryl methyl sites for hydroxylation is 1. The van der Waals surface area contributed by atoms with Gasteiger partial charge >= 0.3 is 5.69 Å². The van der Waals surface area contributed by atoms with Crippen LogP contribution in [0, 0.1) is 5.92 Å². The number of aromatic amines is 1. The van der Waals surface area contributed by atoms with E-state index in [4.69, 9.17) is 0 Å². The molecule has 0 bridgehead atoms. The van der Waals surface area contributed by atoms with Crippen molar-refractivity contribution in [3.05, 3.63) is 82.5 Å². The number of imide groups is 1. The Labute approximate surface area is 325 Å². The first kappa shape index (κ1) is 36.2. The number of anilines is 3. The second kappa shape index (κ2) is 14.9. The van der Waals surface area contributed by atoms with Gasteiger partial charge in [-0.15, -0.1) is 0 Å². The van der Waals surface area contributed by atoms with E-state index in [-0.39, 0.29) is 23.9 Å². The number of hydrogen-bond acceptors (Lipinski definition) is 9. The lowest BCUT2D eigenvalue weighted by Gasteiger charge is -2.40. The maximum Gasteiger partial charge on any atom is 0.329 e. The number of nitrogens with zero attached hydrogens (tertiary/aromatic N) is 7. The Kier molecular flexibility index (Phi) is 9.62. The van der Waals surface area contributed by atoms with E-state index in [0.717, 1.165) is 99.4 Å². The van der Waals surface area contributed by atoms with E-state index in [1.165, 1.54) is 16.7 Å². The highest BCUT2D eigenvalue weighted by atomic mass is 16.2. The number of H-pyrrole nitrogens is 1. The topological polar surface area (TPSA) is 144 Å². The molecule has 1 unspecified atom stereocenters. The Hall–Kier alpha value is -5.47. The van der Waals surface area contributed by atoms with E-state index in [1.54, 1.807) is 11.6 Å². The van der Waals surface area contributed by atoms with Gasteiger partial charge in [-0.2, -0.15) is 0 Å². The second-order valence-electron chi connectivity index (χ2n) is 16.1. The predicted molar refractivity (Wildman–Crippen MR) is 217 cm³/mol. The first-order valence-electron chi connectivity index (χ1n) is 20.1. The van der Waals surface area contributed by atoms with Crippen LogP contribution in [-0.2, 0) is 16.6 Å². The van der Waals surface area contributed by atoms with Crippen molar-refractivity contribution < 1.29 is 14.4 Å². The molecule has 3 aromatic heterocycles. The number of likely N-dealkylation sites (tertiary alicyclic amines) is 1. The number of hydrogen-bond donors (Lipinski definition) is 3. The minimum Gasteiger partial charge on any atom is -0.371 e. The molecular formula is C42H50N10O4. The van der Waals surface area contributed by atoms with Crippen LogP contribution in [0.2, 0.25) is 0 Å². The molecule has 0 spiro atoms. The van der Waals surface area contributed by atoms with Crippen molar-refractivity contribution in [3.63, 3.8) is 0 Å². The van der Waals surface area contributed by atoms with Gasteiger partial charge in [0.15, 0.2) is 0 Å². The van der Waals surface area contributed by atoms with Crippen molar-refractivity contribution in [2.45, 2.75) is 50.6 Å². The van der Waals surface area contributed by atoms with Gasteiger partial charge in [-0.25, -0.2) is 9.78 Å². The van der Waals surface area contributed by atoms with Gasteiger partial charge in [0, 0.05) is 106 Å². The normalized spacial score (nSPS) is 21.7. The predicted octanol–water partition coefficient (Wildman–Crippen LogP) is 4.25. The van der Waals surface area contributed by atoms with Crippen LogP contribution in [0.1, 0.15) is 66.7 Å². The number of pyridine rings is 1. The molecule has 292 valence electrons. The number of benzene rings is 2. The molecule has 5 aromatic rings. The summed E-state index contributed by atoms with van der Waals surface area (Å²) in [4.78, 5) is 68.5. The molecule has 2 aromatic carbocycles. The summed E-state index contributed by atoms with van der Waals surface area (Å²) in [6, 6.07) is 17.8. The van der Waals surface area contributed by atoms with E-state index in [1.807, 2.05) is 48.7 Å². The first-order valence-corrected chi connectivity index (χ1v) is 20.1. The molecule has 9 rings (SSSR count). The fourth-order valence-corrected chi connectivity index (χ4v) is 9.32. The smallest absolute Gasteiger partial charge is 0.329 e. The van der Waals surface area contributed by atoms with Crippen molar-refractivity contribution in [1.82, 2.24) is 34.2 Å². The number of imidazole rings is 1. The number of amides is 3. The summed E-state index contributed by atoms with van der Waals surface area (Å²) >= 11 is 0. The van der Waals surface area contributed by atoms with Crippen LogP contribution in [0.5, 0.6) is 0 Å². The molecule has 4 aliphatic heterocycles. The number of carbonyl (C=O) groups excluding carboxylic acids is 3. The molecule has 0 aliphatic carbocycles. The number of piperidine rings is 2. The summed E-state index contributed by atoms with van der Waals surface area (Å²) < 4.78 is 3.14. The quantitative estimate of drug-likeness (QED) is 0.198. The van der Waals surface area contributed by atoms with Crippen molar-refractivity contribution in [3.8, 4) is 0 Å². The third-order valence-corrected chi connectivity index (χ3v) is 12.6. The molecule has 4 saturated heterocycles. The van der Waals surface area contributed by atoms with Gasteiger partial charge < -0.3 is 20.1 Å². The van der Waals surface area contributed by atoms with E-state index in [2.05, 4.69) is 59.4 Å². The number of nitrogens with one attached hydrogen (secondary N) is 3. The molecule has 3 amide bonds. The molecular weight excluding hydrogens is 709 g/mol. The molecule has 0 saturated carbocycles. The largest absolute Gasteiger partial charge is 0.371 e. The van der Waals surface area contributed by atoms with Crippen molar-refractivity contribution in [1.29, 1.82) is 0 Å². The highest BCUT2D eigenvalue weighted by Gasteiger charge is 2.32. The number of carbonyl (C=O) groups is 3. The number of aromatic nitrogens is 4. The highest BCUT2D eigenvalue weighted by molar-refractivity contribution is 6.04. The minimum atomic E-state index is -0.681. The van der Waals surface area contributed by atoms with Crippen LogP contribution >= 0.6 is 0 Å². The van der Waals surface area contributed by atoms with Gasteiger partial charge in [0.1, 0.15) is 11.9 Å². The zero-order valence-electron chi connectivity index (χ0n) is 32.2. The van der Waals surface area contributed by atoms with Crippen LogP contribution in [0.15, 0.2) is 65.6 Å². The van der Waals surface area contributed by atoms with Crippen molar-refractivity contribution in [2.24, 2.45) is 13.0 Å². The Morgan fingerprint density at radius 3 is 2.29 bits per heavy atom. The maximum absolute atomic E-state index is 13.2. The van der Waals surface area contributed by atoms with Gasteiger partial charge in [-0.3, -0.25) is 38.6 Å². The molecule has 0 radical (unpaired) electrons. The molecule has 4 aliphatic rings. The lowest BCUT2D eigenvalue weighted by molar-refractivity contribution is -0.135. The van der Waals surface area contributed by atoms with Gasteiger partial charge in [-0.1, -0.05) is 0 Å². The zero-order valence-corrected chi connectivity index (χ0v) is 32.2. The lowest BCUT2D eigenvalue weighted by Crippen LogP contribution is -2.49. The van der Waals surface area contributed by atoms with Crippen LogP contribution in [-0.4, -0.2) is 106 Å². The van der Waals surface area contributed by atoms with E-state index in [9.17, 15) is 19.2 Å². The van der Waals surface area contributed by atoms with Crippen LogP contribution in [0.3, 0.4) is 0 Å². The molecule has 4 fully saturated rings. The highest BCUT2D eigenvalue weighted by Crippen LogP contribution is 2.33. The summed E-state index contributed by atoms with van der Waals surface area (Å²) in [5, 5.41) is 6.41. The monoisotopic (exact) mass is 758 g/mol. The van der Waals surface area contributed by atoms with Gasteiger partial charge in [-0.05, 0) is 100 Å². The van der Waals surface area contributed by atoms with Crippen molar-refractivity contribution in [2.75, 3.05) is 74.5 Å². The third kappa shape index (κ3) is 6.96. The number of rotatable bonds is 8. The van der Waals surface area contributed by atoms with E-state index >= 15 is 0 Å². The second-order valence-corrected chi connectivity index (χ2v) is 16.1. The van der Waals surface area contributed by atoms with Gasteiger partial charge in [0.25, 0.3) is 5.91 Å². The molecule has 14 nitrogen and oxygen atoms in total. The molecule has 14 heteroatoms. The Balaban J connectivity index is 0.749. The van der Waals surface area contributed by atoms with Crippen LogP contribution in [0.25, 0.3) is 21.9 Å². The van der Waals surface area contributed by atoms with E-state index < -0.39 is 11.9 Å². The van der Waals surface area contributed by atoms with Gasteiger partial charge in [0.05, 0.1) is 16.6 Å². The average molecular weight is 759 g/mol. The Morgan fingerprint density at radius 2 is 1.55 bits per heavy atom. The molecule has 7 heterocycles. The summed E-state index contributed by atoms with van der Waals surface area (Å²) in [7, 11) is 3.91. The minimum absolute atomic E-state index is 0.170. The summed E-state index contributed by atoms with van der Waals surface area (Å²) in [6.45, 7) is 8.00. The average Bonchev–Trinajstić information content (AvgIpc) is 3.90. The summed E-state index contributed by atoms with van der Waals surface area (Å²) in [5.41, 5.74) is 6.27. The summed E-state index contributed by atoms with van der Waals surface area (Å²) in [5.74, 6) is 0.284. The maximum atomic E-state index is 13.2. The fourth-order valence-electron chi connectivity index (χ4n) is 9.32.